The number of hydrogen-bond acceptors (Lipinski definition) is 5. The minimum absolute atomic E-state index is 0.105. The van der Waals surface area contributed by atoms with Gasteiger partial charge in [-0.3, -0.25) is 9.69 Å². The summed E-state index contributed by atoms with van der Waals surface area (Å²) in [6.07, 6.45) is 1.82. The maximum Gasteiger partial charge on any atom is 0.240 e. The number of hydrogen-bond donors (Lipinski definition) is 0. The molecule has 0 bridgehead atoms. The Labute approximate surface area is 111 Å². The standard InChI is InChI=1S/C11H10N2OS3/c1-7-5-12-11(17-7)13-9(14)6-16-10(13)8-3-2-4-15-8/h2-5,10H,6H2,1H3. The third kappa shape index (κ3) is 2.00. The van der Waals surface area contributed by atoms with Crippen LogP contribution >= 0.6 is 34.4 Å². The highest BCUT2D eigenvalue weighted by Gasteiger charge is 2.36. The summed E-state index contributed by atoms with van der Waals surface area (Å²) in [6, 6.07) is 4.10. The van der Waals surface area contributed by atoms with Crippen molar-refractivity contribution in [3.63, 3.8) is 0 Å². The fourth-order valence-electron chi connectivity index (χ4n) is 1.73. The Bertz CT molecular complexity index is 535. The summed E-state index contributed by atoms with van der Waals surface area (Å²) in [5, 5.41) is 2.97. The van der Waals surface area contributed by atoms with Crippen LogP contribution in [0.15, 0.2) is 23.7 Å². The molecule has 3 rings (SSSR count). The van der Waals surface area contributed by atoms with Crippen LogP contribution in [0.5, 0.6) is 0 Å². The van der Waals surface area contributed by atoms with Crippen molar-refractivity contribution in [2.75, 3.05) is 10.7 Å². The van der Waals surface area contributed by atoms with Crippen LogP contribution in [-0.2, 0) is 4.79 Å². The van der Waals surface area contributed by atoms with Gasteiger partial charge in [0, 0.05) is 16.0 Å². The fraction of sp³-hybridized carbons (Fsp3) is 0.273. The molecule has 2 aromatic heterocycles. The van der Waals surface area contributed by atoms with Gasteiger partial charge in [-0.05, 0) is 18.4 Å². The molecule has 0 N–H and O–H groups in total. The molecule has 1 saturated heterocycles. The van der Waals surface area contributed by atoms with E-state index in [0.29, 0.717) is 5.75 Å². The quantitative estimate of drug-likeness (QED) is 0.847. The van der Waals surface area contributed by atoms with E-state index in [1.807, 2.05) is 29.5 Å². The molecule has 17 heavy (non-hydrogen) atoms. The number of carbonyl (C=O) groups is 1. The van der Waals surface area contributed by atoms with Crippen LogP contribution in [0.4, 0.5) is 5.13 Å². The zero-order chi connectivity index (χ0) is 11.8. The lowest BCUT2D eigenvalue weighted by molar-refractivity contribution is -0.115. The lowest BCUT2D eigenvalue weighted by Gasteiger charge is -2.19. The topological polar surface area (TPSA) is 33.2 Å². The first kappa shape index (κ1) is 11.3. The maximum atomic E-state index is 12.0. The van der Waals surface area contributed by atoms with Gasteiger partial charge in [-0.25, -0.2) is 4.98 Å². The van der Waals surface area contributed by atoms with Crippen LogP contribution in [0.2, 0.25) is 0 Å². The first-order valence-corrected chi connectivity index (χ1v) is 7.89. The van der Waals surface area contributed by atoms with E-state index in [9.17, 15) is 4.79 Å². The molecule has 1 aliphatic heterocycles. The molecule has 0 aliphatic carbocycles. The lowest BCUT2D eigenvalue weighted by Crippen LogP contribution is -2.27. The molecule has 0 aromatic carbocycles. The van der Waals surface area contributed by atoms with Gasteiger partial charge in [0.1, 0.15) is 5.37 Å². The van der Waals surface area contributed by atoms with Crippen LogP contribution in [-0.4, -0.2) is 16.6 Å². The number of thiazole rings is 1. The van der Waals surface area contributed by atoms with Crippen molar-refractivity contribution in [2.24, 2.45) is 0 Å². The number of thioether (sulfide) groups is 1. The highest BCUT2D eigenvalue weighted by atomic mass is 32.2. The molecule has 0 spiro atoms. The van der Waals surface area contributed by atoms with Crippen LogP contribution in [0.1, 0.15) is 15.1 Å². The number of aromatic nitrogens is 1. The smallest absolute Gasteiger partial charge is 0.240 e. The molecule has 3 nitrogen and oxygen atoms in total. The first-order valence-electron chi connectivity index (χ1n) is 5.15. The number of carbonyl (C=O) groups excluding carboxylic acids is 1. The Balaban J connectivity index is 1.97. The Morgan fingerprint density at radius 3 is 3.06 bits per heavy atom. The molecule has 1 amide bonds. The monoisotopic (exact) mass is 282 g/mol. The summed E-state index contributed by atoms with van der Waals surface area (Å²) in [5.41, 5.74) is 0. The van der Waals surface area contributed by atoms with Crippen molar-refractivity contribution in [2.45, 2.75) is 12.3 Å². The number of amides is 1. The number of anilines is 1. The number of thiophene rings is 1. The number of rotatable bonds is 2. The maximum absolute atomic E-state index is 12.0. The van der Waals surface area contributed by atoms with E-state index in [-0.39, 0.29) is 11.3 Å². The van der Waals surface area contributed by atoms with Gasteiger partial charge in [-0.2, -0.15) is 0 Å². The molecular weight excluding hydrogens is 272 g/mol. The SMILES string of the molecule is Cc1cnc(N2C(=O)CSC2c2cccs2)s1. The van der Waals surface area contributed by atoms with Crippen molar-refractivity contribution >= 4 is 45.5 Å². The second-order valence-corrected chi connectivity index (χ2v) is 6.96. The summed E-state index contributed by atoms with van der Waals surface area (Å²) in [4.78, 5) is 20.5. The average molecular weight is 282 g/mol. The molecule has 1 unspecified atom stereocenters. The summed E-state index contributed by atoms with van der Waals surface area (Å²) in [5.74, 6) is 0.698. The van der Waals surface area contributed by atoms with Crippen molar-refractivity contribution in [3.05, 3.63) is 33.5 Å². The molecular formula is C11H10N2OS3. The number of nitrogens with zero attached hydrogens (tertiary/aromatic N) is 2. The van der Waals surface area contributed by atoms with Gasteiger partial charge >= 0.3 is 0 Å². The molecule has 6 heteroatoms. The molecule has 3 heterocycles. The normalized spacial score (nSPS) is 20.2. The van der Waals surface area contributed by atoms with E-state index in [1.54, 1.807) is 34.4 Å². The van der Waals surface area contributed by atoms with Gasteiger partial charge in [0.2, 0.25) is 5.91 Å². The Hall–Kier alpha value is -0.850. The predicted octanol–water partition coefficient (Wildman–Crippen LogP) is 3.29. The van der Waals surface area contributed by atoms with Gasteiger partial charge in [-0.1, -0.05) is 6.07 Å². The zero-order valence-corrected chi connectivity index (χ0v) is 11.6. The minimum Gasteiger partial charge on any atom is -0.273 e. The van der Waals surface area contributed by atoms with E-state index in [0.717, 1.165) is 10.0 Å². The van der Waals surface area contributed by atoms with Crippen LogP contribution in [0, 0.1) is 6.92 Å². The van der Waals surface area contributed by atoms with Gasteiger partial charge in [0.05, 0.1) is 5.75 Å². The van der Waals surface area contributed by atoms with E-state index >= 15 is 0 Å². The Morgan fingerprint density at radius 1 is 1.53 bits per heavy atom. The average Bonchev–Trinajstić information content (AvgIpc) is 2.97. The van der Waals surface area contributed by atoms with Crippen molar-refractivity contribution in [1.29, 1.82) is 0 Å². The Kier molecular flexibility index (Phi) is 2.94. The second kappa shape index (κ2) is 4.44. The van der Waals surface area contributed by atoms with Crippen LogP contribution in [0.25, 0.3) is 0 Å². The zero-order valence-electron chi connectivity index (χ0n) is 9.12. The lowest BCUT2D eigenvalue weighted by atomic mass is 10.4. The van der Waals surface area contributed by atoms with Crippen molar-refractivity contribution in [3.8, 4) is 0 Å². The van der Waals surface area contributed by atoms with E-state index < -0.39 is 0 Å². The fourth-order valence-corrected chi connectivity index (χ4v) is 4.71. The third-order valence-corrected chi connectivity index (χ3v) is 5.65. The van der Waals surface area contributed by atoms with Crippen LogP contribution < -0.4 is 4.90 Å². The summed E-state index contributed by atoms with van der Waals surface area (Å²) in [6.45, 7) is 2.01. The summed E-state index contributed by atoms with van der Waals surface area (Å²) < 4.78 is 0. The predicted molar refractivity (Wildman–Crippen MR) is 73.9 cm³/mol. The van der Waals surface area contributed by atoms with Gasteiger partial charge in [-0.15, -0.1) is 34.4 Å². The van der Waals surface area contributed by atoms with E-state index in [2.05, 4.69) is 11.1 Å². The van der Waals surface area contributed by atoms with Crippen molar-refractivity contribution < 1.29 is 4.79 Å². The third-order valence-electron chi connectivity index (χ3n) is 2.47. The van der Waals surface area contributed by atoms with Gasteiger partial charge in [0.15, 0.2) is 5.13 Å². The molecule has 1 fully saturated rings. The van der Waals surface area contributed by atoms with E-state index in [1.165, 1.54) is 4.88 Å². The molecule has 2 aromatic rings. The molecule has 88 valence electrons. The molecule has 0 saturated carbocycles. The molecule has 1 atom stereocenters. The van der Waals surface area contributed by atoms with E-state index in [4.69, 9.17) is 0 Å². The Morgan fingerprint density at radius 2 is 2.41 bits per heavy atom. The minimum atomic E-state index is 0.105. The van der Waals surface area contributed by atoms with Gasteiger partial charge < -0.3 is 0 Å². The highest BCUT2D eigenvalue weighted by molar-refractivity contribution is 8.01. The molecule has 1 aliphatic rings. The second-order valence-electron chi connectivity index (χ2n) is 3.70. The highest BCUT2D eigenvalue weighted by Crippen LogP contribution is 2.44. The molecule has 0 radical (unpaired) electrons. The van der Waals surface area contributed by atoms with Crippen molar-refractivity contribution in [1.82, 2.24) is 4.98 Å². The summed E-state index contributed by atoms with van der Waals surface area (Å²) >= 11 is 4.94. The summed E-state index contributed by atoms with van der Waals surface area (Å²) in [7, 11) is 0. The number of aryl methyl sites for hydroxylation is 1. The first-order chi connectivity index (χ1) is 8.25. The van der Waals surface area contributed by atoms with Crippen LogP contribution in [0.3, 0.4) is 0 Å². The van der Waals surface area contributed by atoms with Gasteiger partial charge in [0.25, 0.3) is 0 Å². The largest absolute Gasteiger partial charge is 0.273 e.